The number of rotatable bonds is 8. The van der Waals surface area contributed by atoms with E-state index in [9.17, 15) is 19.8 Å². The number of esters is 1. The van der Waals surface area contributed by atoms with E-state index in [2.05, 4.69) is 0 Å². The van der Waals surface area contributed by atoms with Gasteiger partial charge in [0.25, 0.3) is 0 Å². The summed E-state index contributed by atoms with van der Waals surface area (Å²) in [5.41, 5.74) is 0.637. The molecule has 2 heterocycles. The number of hydrogen-bond donors (Lipinski definition) is 2. The predicted molar refractivity (Wildman–Crippen MR) is 126 cm³/mol. The average molecular weight is 482 g/mol. The van der Waals surface area contributed by atoms with E-state index < -0.39 is 12.4 Å². The van der Waals surface area contributed by atoms with Gasteiger partial charge in [0.15, 0.2) is 6.29 Å². The van der Waals surface area contributed by atoms with Crippen molar-refractivity contribution in [2.45, 2.75) is 38.8 Å². The van der Waals surface area contributed by atoms with Crippen molar-refractivity contribution in [1.82, 2.24) is 0 Å². The molecule has 35 heavy (non-hydrogen) atoms. The molecule has 0 amide bonds. The smallest absolute Gasteiger partial charge is 0.303 e. The molecule has 3 atom stereocenters. The van der Waals surface area contributed by atoms with Crippen molar-refractivity contribution in [2.24, 2.45) is 0 Å². The van der Waals surface area contributed by atoms with Crippen LogP contribution in [0.1, 0.15) is 20.3 Å². The van der Waals surface area contributed by atoms with Crippen LogP contribution in [0.5, 0.6) is 17.2 Å². The standard InChI is InChI=1S/C26H26O9/c1-15-22(35-16(2)27)8-9-24(34-15)32-11-3-10-31-19-12-21(29)25-23(13-19)33-14-20(26(25)30)17-4-6-18(28)7-5-17/h4-9,12-15,22,24,28-29H,3,10-11H2,1-2H3/t15-,22+,24+/m0/s1. The van der Waals surface area contributed by atoms with Gasteiger partial charge in [-0.25, -0.2) is 0 Å². The van der Waals surface area contributed by atoms with Crippen molar-refractivity contribution in [1.29, 1.82) is 0 Å². The molecule has 9 nitrogen and oxygen atoms in total. The maximum absolute atomic E-state index is 12.9. The summed E-state index contributed by atoms with van der Waals surface area (Å²) in [4.78, 5) is 24.0. The molecule has 0 bridgehead atoms. The number of benzene rings is 2. The molecule has 1 aromatic heterocycles. The van der Waals surface area contributed by atoms with Gasteiger partial charge < -0.3 is 33.6 Å². The Hall–Kier alpha value is -3.82. The fraction of sp³-hybridized carbons (Fsp3) is 0.308. The molecule has 0 spiro atoms. The zero-order valence-corrected chi connectivity index (χ0v) is 19.3. The minimum atomic E-state index is -0.543. The first-order valence-corrected chi connectivity index (χ1v) is 11.1. The van der Waals surface area contributed by atoms with E-state index in [0.717, 1.165) is 0 Å². The number of fused-ring (bicyclic) bond motifs is 1. The van der Waals surface area contributed by atoms with Gasteiger partial charge in [0.1, 0.15) is 40.6 Å². The van der Waals surface area contributed by atoms with Crippen LogP contribution < -0.4 is 10.2 Å². The summed E-state index contributed by atoms with van der Waals surface area (Å²) in [5.74, 6) is -0.190. The van der Waals surface area contributed by atoms with E-state index in [1.165, 1.54) is 31.4 Å². The molecule has 1 aliphatic rings. The second-order valence-corrected chi connectivity index (χ2v) is 8.08. The van der Waals surface area contributed by atoms with Crippen LogP contribution in [0.15, 0.2) is 64.0 Å². The summed E-state index contributed by atoms with van der Waals surface area (Å²) >= 11 is 0. The number of ether oxygens (including phenoxy) is 4. The molecule has 0 fully saturated rings. The maximum Gasteiger partial charge on any atom is 0.303 e. The monoisotopic (exact) mass is 482 g/mol. The molecule has 1 aliphatic heterocycles. The third-order valence-electron chi connectivity index (χ3n) is 5.42. The lowest BCUT2D eigenvalue weighted by molar-refractivity contribution is -0.181. The number of hydrogen-bond acceptors (Lipinski definition) is 9. The lowest BCUT2D eigenvalue weighted by atomic mass is 10.0. The Labute approximate surface area is 201 Å². The number of aromatic hydroxyl groups is 2. The summed E-state index contributed by atoms with van der Waals surface area (Å²) in [5, 5.41) is 20.0. The maximum atomic E-state index is 12.9. The van der Waals surface area contributed by atoms with Gasteiger partial charge in [-0.15, -0.1) is 0 Å². The van der Waals surface area contributed by atoms with Crippen molar-refractivity contribution in [3.8, 4) is 28.4 Å². The van der Waals surface area contributed by atoms with Crippen LogP contribution in [0.2, 0.25) is 0 Å². The van der Waals surface area contributed by atoms with E-state index in [0.29, 0.717) is 30.9 Å². The van der Waals surface area contributed by atoms with Crippen molar-refractivity contribution in [3.63, 3.8) is 0 Å². The first kappa shape index (κ1) is 24.3. The van der Waals surface area contributed by atoms with E-state index in [-0.39, 0.29) is 45.5 Å². The lowest BCUT2D eigenvalue weighted by Crippen LogP contribution is -2.37. The van der Waals surface area contributed by atoms with Crippen LogP contribution >= 0.6 is 0 Å². The first-order chi connectivity index (χ1) is 16.8. The quantitative estimate of drug-likeness (QED) is 0.279. The Morgan fingerprint density at radius 3 is 2.57 bits per heavy atom. The third-order valence-corrected chi connectivity index (χ3v) is 5.42. The third kappa shape index (κ3) is 5.82. The van der Waals surface area contributed by atoms with Crippen molar-refractivity contribution in [2.75, 3.05) is 13.2 Å². The second-order valence-electron chi connectivity index (χ2n) is 8.08. The molecular formula is C26H26O9. The van der Waals surface area contributed by atoms with Gasteiger partial charge in [-0.05, 0) is 36.8 Å². The second kappa shape index (κ2) is 10.6. The number of carbonyl (C=O) groups is 1. The summed E-state index contributed by atoms with van der Waals surface area (Å²) in [6.45, 7) is 3.80. The highest BCUT2D eigenvalue weighted by Gasteiger charge is 2.26. The van der Waals surface area contributed by atoms with Gasteiger partial charge in [-0.3, -0.25) is 9.59 Å². The lowest BCUT2D eigenvalue weighted by Gasteiger charge is -2.29. The Kier molecular flexibility index (Phi) is 7.38. The van der Waals surface area contributed by atoms with Gasteiger partial charge in [-0.2, -0.15) is 0 Å². The minimum Gasteiger partial charge on any atom is -0.508 e. The van der Waals surface area contributed by atoms with Gasteiger partial charge in [-0.1, -0.05) is 12.1 Å². The molecule has 2 aromatic carbocycles. The normalized spacial score (nSPS) is 19.5. The molecule has 3 aromatic rings. The molecule has 0 radical (unpaired) electrons. The summed E-state index contributed by atoms with van der Waals surface area (Å²) < 4.78 is 27.8. The van der Waals surface area contributed by atoms with Gasteiger partial charge in [0.2, 0.25) is 5.43 Å². The van der Waals surface area contributed by atoms with Crippen LogP contribution in [0.3, 0.4) is 0 Å². The highest BCUT2D eigenvalue weighted by atomic mass is 16.7. The van der Waals surface area contributed by atoms with E-state index in [1.807, 2.05) is 0 Å². The van der Waals surface area contributed by atoms with Gasteiger partial charge in [0.05, 0.1) is 24.9 Å². The highest BCUT2D eigenvalue weighted by molar-refractivity contribution is 5.88. The van der Waals surface area contributed by atoms with E-state index in [1.54, 1.807) is 37.3 Å². The van der Waals surface area contributed by atoms with Crippen LogP contribution in [0.4, 0.5) is 0 Å². The topological polar surface area (TPSA) is 125 Å². The molecule has 184 valence electrons. The minimum absolute atomic E-state index is 0.0497. The van der Waals surface area contributed by atoms with E-state index >= 15 is 0 Å². The van der Waals surface area contributed by atoms with Crippen LogP contribution in [0, 0.1) is 0 Å². The van der Waals surface area contributed by atoms with Crippen molar-refractivity contribution < 1.29 is 38.4 Å². The van der Waals surface area contributed by atoms with Crippen LogP contribution in [-0.4, -0.2) is 47.9 Å². The summed E-state index contributed by atoms with van der Waals surface area (Å²) in [6.07, 6.45) is 4.00. The fourth-order valence-corrected chi connectivity index (χ4v) is 3.69. The largest absolute Gasteiger partial charge is 0.508 e. The fourth-order valence-electron chi connectivity index (χ4n) is 3.69. The average Bonchev–Trinajstić information content (AvgIpc) is 2.81. The van der Waals surface area contributed by atoms with E-state index in [4.69, 9.17) is 23.4 Å². The Morgan fingerprint density at radius 1 is 1.09 bits per heavy atom. The zero-order chi connectivity index (χ0) is 24.9. The van der Waals surface area contributed by atoms with Crippen LogP contribution in [-0.2, 0) is 19.0 Å². The molecule has 0 saturated carbocycles. The summed E-state index contributed by atoms with van der Waals surface area (Å²) in [7, 11) is 0. The van der Waals surface area contributed by atoms with Crippen LogP contribution in [0.25, 0.3) is 22.1 Å². The predicted octanol–water partition coefficient (Wildman–Crippen LogP) is 3.89. The van der Waals surface area contributed by atoms with Gasteiger partial charge in [0, 0.05) is 25.5 Å². The Bertz CT molecular complexity index is 1280. The SMILES string of the molecule is CC(=O)O[C@@H]1C=C[C@H](OCCCOc2cc(O)c3c(=O)c(-c4ccc(O)cc4)coc3c2)O[C@H]1C. The number of phenols is 2. The molecule has 4 rings (SSSR count). The Morgan fingerprint density at radius 2 is 1.86 bits per heavy atom. The first-order valence-electron chi connectivity index (χ1n) is 11.1. The van der Waals surface area contributed by atoms with Crippen molar-refractivity contribution >= 4 is 16.9 Å². The summed E-state index contributed by atoms with van der Waals surface area (Å²) in [6, 6.07) is 9.04. The molecule has 2 N–H and O–H groups in total. The number of phenolic OH excluding ortho intramolecular Hbond substituents is 2. The number of carbonyl (C=O) groups excluding carboxylic acids is 1. The van der Waals surface area contributed by atoms with Crippen molar-refractivity contribution in [3.05, 3.63) is 65.0 Å². The molecule has 0 saturated heterocycles. The van der Waals surface area contributed by atoms with Gasteiger partial charge >= 0.3 is 5.97 Å². The highest BCUT2D eigenvalue weighted by Crippen LogP contribution is 2.30. The molecule has 9 heteroatoms. The Balaban J connectivity index is 1.33. The molecule has 0 aliphatic carbocycles. The zero-order valence-electron chi connectivity index (χ0n) is 19.3. The molecule has 0 unspecified atom stereocenters. The molecular weight excluding hydrogens is 456 g/mol.